The summed E-state index contributed by atoms with van der Waals surface area (Å²) in [6.07, 6.45) is 2.82. The Kier molecular flexibility index (Phi) is 5.36. The monoisotopic (exact) mass is 388 g/mol. The van der Waals surface area contributed by atoms with Gasteiger partial charge in [0.1, 0.15) is 0 Å². The van der Waals surface area contributed by atoms with E-state index in [2.05, 4.69) is 67.3 Å². The molecular weight excluding hydrogens is 376 g/mol. The van der Waals surface area contributed by atoms with Crippen LogP contribution < -0.4 is 5.32 Å². The summed E-state index contributed by atoms with van der Waals surface area (Å²) in [5.74, 6) is 0. The van der Waals surface area contributed by atoms with Crippen molar-refractivity contribution in [1.82, 2.24) is 10.3 Å². The molecule has 96 valence electrons. The lowest BCUT2D eigenvalue weighted by Crippen LogP contribution is -2.23. The first-order valence-electron chi connectivity index (χ1n) is 5.78. The summed E-state index contributed by atoms with van der Waals surface area (Å²) >= 11 is 8.70. The average Bonchev–Trinajstić information content (AvgIpc) is 2.75. The van der Waals surface area contributed by atoms with Gasteiger partial charge in [-0.1, -0.05) is 6.92 Å². The Hall–Kier alpha value is -0.230. The van der Waals surface area contributed by atoms with Crippen molar-refractivity contribution in [3.63, 3.8) is 0 Å². The molecule has 1 unspecified atom stereocenters. The van der Waals surface area contributed by atoms with E-state index < -0.39 is 0 Å². The second kappa shape index (κ2) is 6.80. The largest absolute Gasteiger partial charge is 0.309 e. The molecule has 0 saturated heterocycles. The molecule has 2 aromatic rings. The highest BCUT2D eigenvalue weighted by molar-refractivity contribution is 9.11. The van der Waals surface area contributed by atoms with Crippen LogP contribution in [-0.4, -0.2) is 11.5 Å². The number of halogens is 2. The third-order valence-electron chi connectivity index (χ3n) is 2.59. The first-order valence-corrected chi connectivity index (χ1v) is 8.18. The predicted molar refractivity (Wildman–Crippen MR) is 84.1 cm³/mol. The number of hydrogen-bond acceptors (Lipinski definition) is 3. The number of thiophene rings is 1. The van der Waals surface area contributed by atoms with E-state index in [0.29, 0.717) is 0 Å². The summed E-state index contributed by atoms with van der Waals surface area (Å²) in [5, 5.41) is 3.49. The van der Waals surface area contributed by atoms with Crippen LogP contribution in [0.25, 0.3) is 0 Å². The van der Waals surface area contributed by atoms with E-state index in [1.165, 1.54) is 8.66 Å². The maximum Gasteiger partial charge on any atom is 0.0701 e. The highest BCUT2D eigenvalue weighted by Crippen LogP contribution is 2.26. The van der Waals surface area contributed by atoms with Crippen molar-refractivity contribution >= 4 is 43.2 Å². The molecule has 2 rings (SSSR count). The number of nitrogens with one attached hydrogen (secondary N) is 1. The molecule has 0 spiro atoms. The van der Waals surface area contributed by atoms with Crippen LogP contribution in [0.4, 0.5) is 0 Å². The molecular formula is C13H14Br2N2S. The van der Waals surface area contributed by atoms with Gasteiger partial charge in [0.05, 0.1) is 15.5 Å². The first kappa shape index (κ1) is 14.2. The second-order valence-electron chi connectivity index (χ2n) is 3.92. The molecule has 0 amide bonds. The smallest absolute Gasteiger partial charge is 0.0701 e. The summed E-state index contributed by atoms with van der Waals surface area (Å²) in [6, 6.07) is 8.64. The fourth-order valence-corrected chi connectivity index (χ4v) is 3.55. The standard InChI is InChI=1S/C13H14Br2N2S/c1-2-16-12(7-10-4-6-13(15)18-10)11-5-3-9(14)8-17-11/h3-6,8,12,16H,2,7H2,1H3. The van der Waals surface area contributed by atoms with Crippen LogP contribution in [0.2, 0.25) is 0 Å². The van der Waals surface area contributed by atoms with Crippen molar-refractivity contribution < 1.29 is 0 Å². The summed E-state index contributed by atoms with van der Waals surface area (Å²) in [5.41, 5.74) is 1.09. The minimum absolute atomic E-state index is 0.272. The summed E-state index contributed by atoms with van der Waals surface area (Å²) in [6.45, 7) is 3.06. The van der Waals surface area contributed by atoms with Crippen LogP contribution in [-0.2, 0) is 6.42 Å². The Morgan fingerprint density at radius 3 is 2.67 bits per heavy atom. The minimum Gasteiger partial charge on any atom is -0.309 e. The molecule has 1 atom stereocenters. The van der Waals surface area contributed by atoms with Gasteiger partial charge >= 0.3 is 0 Å². The van der Waals surface area contributed by atoms with Crippen molar-refractivity contribution in [2.24, 2.45) is 0 Å². The molecule has 2 nitrogen and oxygen atoms in total. The molecule has 0 aliphatic carbocycles. The number of hydrogen-bond donors (Lipinski definition) is 1. The Labute approximate surface area is 128 Å². The third kappa shape index (κ3) is 3.88. The van der Waals surface area contributed by atoms with E-state index in [1.54, 1.807) is 11.3 Å². The van der Waals surface area contributed by atoms with Gasteiger partial charge in [0.15, 0.2) is 0 Å². The van der Waals surface area contributed by atoms with E-state index in [4.69, 9.17) is 0 Å². The van der Waals surface area contributed by atoms with Gasteiger partial charge < -0.3 is 5.32 Å². The highest BCUT2D eigenvalue weighted by atomic mass is 79.9. The molecule has 0 aromatic carbocycles. The van der Waals surface area contributed by atoms with Gasteiger partial charge in [-0.2, -0.15) is 0 Å². The zero-order valence-electron chi connectivity index (χ0n) is 9.99. The highest BCUT2D eigenvalue weighted by Gasteiger charge is 2.13. The number of likely N-dealkylation sites (N-methyl/N-ethyl adjacent to an activating group) is 1. The maximum atomic E-state index is 4.48. The molecule has 2 heterocycles. The molecule has 0 aliphatic rings. The van der Waals surface area contributed by atoms with Crippen molar-refractivity contribution in [3.8, 4) is 0 Å². The Morgan fingerprint density at radius 2 is 2.11 bits per heavy atom. The number of rotatable bonds is 5. The molecule has 0 bridgehead atoms. The lowest BCUT2D eigenvalue weighted by atomic mass is 10.1. The van der Waals surface area contributed by atoms with Crippen molar-refractivity contribution in [1.29, 1.82) is 0 Å². The topological polar surface area (TPSA) is 24.9 Å². The van der Waals surface area contributed by atoms with Crippen LogP contribution in [0.5, 0.6) is 0 Å². The predicted octanol–water partition coefficient (Wildman–Crippen LogP) is 4.56. The molecule has 0 radical (unpaired) electrons. The number of pyridine rings is 1. The zero-order valence-corrected chi connectivity index (χ0v) is 14.0. The molecule has 0 fully saturated rings. The van der Waals surface area contributed by atoms with Crippen LogP contribution in [0.15, 0.2) is 38.7 Å². The summed E-state index contributed by atoms with van der Waals surface area (Å²) < 4.78 is 2.19. The fraction of sp³-hybridized carbons (Fsp3) is 0.308. The molecule has 2 aromatic heterocycles. The number of nitrogens with zero attached hydrogens (tertiary/aromatic N) is 1. The summed E-state index contributed by atoms with van der Waals surface area (Å²) in [4.78, 5) is 5.84. The van der Waals surface area contributed by atoms with Gasteiger partial charge in [-0.15, -0.1) is 11.3 Å². The Bertz CT molecular complexity index is 496. The molecule has 5 heteroatoms. The minimum atomic E-state index is 0.272. The van der Waals surface area contributed by atoms with E-state index in [-0.39, 0.29) is 6.04 Å². The van der Waals surface area contributed by atoms with E-state index >= 15 is 0 Å². The van der Waals surface area contributed by atoms with E-state index in [0.717, 1.165) is 23.1 Å². The van der Waals surface area contributed by atoms with Crippen LogP contribution >= 0.6 is 43.2 Å². The van der Waals surface area contributed by atoms with Gasteiger partial charge in [0, 0.05) is 22.0 Å². The van der Waals surface area contributed by atoms with E-state index in [1.807, 2.05) is 12.3 Å². The van der Waals surface area contributed by atoms with Crippen molar-refractivity contribution in [2.75, 3.05) is 6.54 Å². The van der Waals surface area contributed by atoms with Gasteiger partial charge in [-0.05, 0) is 62.7 Å². The third-order valence-corrected chi connectivity index (χ3v) is 4.71. The fourth-order valence-electron chi connectivity index (χ4n) is 1.78. The normalized spacial score (nSPS) is 12.6. The lowest BCUT2D eigenvalue weighted by Gasteiger charge is -2.16. The Morgan fingerprint density at radius 1 is 1.28 bits per heavy atom. The van der Waals surface area contributed by atoms with Crippen LogP contribution in [0.3, 0.4) is 0 Å². The van der Waals surface area contributed by atoms with Gasteiger partial charge in [0.25, 0.3) is 0 Å². The molecule has 0 saturated carbocycles. The van der Waals surface area contributed by atoms with Crippen molar-refractivity contribution in [3.05, 3.63) is 49.3 Å². The van der Waals surface area contributed by atoms with Crippen molar-refractivity contribution in [2.45, 2.75) is 19.4 Å². The van der Waals surface area contributed by atoms with Gasteiger partial charge in [0.2, 0.25) is 0 Å². The average molecular weight is 390 g/mol. The Balaban J connectivity index is 2.14. The molecule has 18 heavy (non-hydrogen) atoms. The second-order valence-corrected chi connectivity index (χ2v) is 7.38. The maximum absolute atomic E-state index is 4.48. The van der Waals surface area contributed by atoms with Gasteiger partial charge in [-0.3, -0.25) is 4.98 Å². The summed E-state index contributed by atoms with van der Waals surface area (Å²) in [7, 11) is 0. The molecule has 0 aliphatic heterocycles. The number of aromatic nitrogens is 1. The van der Waals surface area contributed by atoms with Crippen LogP contribution in [0.1, 0.15) is 23.5 Å². The lowest BCUT2D eigenvalue weighted by molar-refractivity contribution is 0.540. The van der Waals surface area contributed by atoms with E-state index in [9.17, 15) is 0 Å². The molecule has 1 N–H and O–H groups in total. The SMILES string of the molecule is CCNC(Cc1ccc(Br)s1)c1ccc(Br)cn1. The zero-order chi connectivity index (χ0) is 13.0. The van der Waals surface area contributed by atoms with Gasteiger partial charge in [-0.25, -0.2) is 0 Å². The quantitative estimate of drug-likeness (QED) is 0.810. The first-order chi connectivity index (χ1) is 8.69. The van der Waals surface area contributed by atoms with Crippen LogP contribution in [0, 0.1) is 0 Å².